The van der Waals surface area contributed by atoms with Crippen molar-refractivity contribution >= 4 is 22.8 Å². The van der Waals surface area contributed by atoms with E-state index in [1.165, 1.54) is 0 Å². The lowest BCUT2D eigenvalue weighted by molar-refractivity contribution is 1.28. The van der Waals surface area contributed by atoms with Crippen molar-refractivity contribution in [2.24, 2.45) is 9.98 Å². The third-order valence-corrected chi connectivity index (χ3v) is 9.10. The number of benzene rings is 4. The molecule has 0 N–H and O–H groups in total. The van der Waals surface area contributed by atoms with Crippen molar-refractivity contribution in [2.75, 3.05) is 0 Å². The lowest BCUT2D eigenvalue weighted by atomic mass is 9.95. The number of aromatic nitrogens is 4. The molecular weight excluding hydrogens is 637 g/mol. The van der Waals surface area contributed by atoms with Gasteiger partial charge in [0.05, 0.1) is 45.6 Å². The van der Waals surface area contributed by atoms with Crippen LogP contribution in [0.5, 0.6) is 0 Å². The van der Waals surface area contributed by atoms with Gasteiger partial charge in [-0.2, -0.15) is 0 Å². The minimum absolute atomic E-state index is 0.857. The van der Waals surface area contributed by atoms with Crippen LogP contribution in [0, 0.1) is 0 Å². The molecule has 0 unspecified atom stereocenters. The molecule has 5 heterocycles. The Morgan fingerprint density at radius 2 is 0.673 bits per heavy atom. The first-order chi connectivity index (χ1) is 25.8. The van der Waals surface area contributed by atoms with Crippen LogP contribution in [-0.2, 0) is 0 Å². The van der Waals surface area contributed by atoms with Gasteiger partial charge in [0.2, 0.25) is 0 Å². The zero-order valence-electron chi connectivity index (χ0n) is 28.0. The molecule has 1 aliphatic heterocycles. The van der Waals surface area contributed by atoms with Gasteiger partial charge in [-0.1, -0.05) is 97.1 Å². The Morgan fingerprint density at radius 1 is 0.288 bits per heavy atom. The van der Waals surface area contributed by atoms with Crippen molar-refractivity contribution in [3.63, 3.8) is 0 Å². The summed E-state index contributed by atoms with van der Waals surface area (Å²) in [6, 6.07) is 53.4. The number of hydrogen-bond donors (Lipinski definition) is 0. The highest BCUT2D eigenvalue weighted by atomic mass is 14.8. The van der Waals surface area contributed by atoms with Gasteiger partial charge in [0.1, 0.15) is 0 Å². The van der Waals surface area contributed by atoms with Gasteiger partial charge < -0.3 is 0 Å². The van der Waals surface area contributed by atoms with Gasteiger partial charge in [0, 0.05) is 69.3 Å². The summed E-state index contributed by atoms with van der Waals surface area (Å²) in [6.07, 6.45) is 7.21. The predicted octanol–water partition coefficient (Wildman–Crippen LogP) is 10.6. The summed E-state index contributed by atoms with van der Waals surface area (Å²) in [5.74, 6) is 0. The number of para-hydroxylation sites is 2. The number of rotatable bonds is 6. The van der Waals surface area contributed by atoms with E-state index in [1.54, 1.807) is 12.4 Å². The van der Waals surface area contributed by atoms with Crippen LogP contribution in [0.15, 0.2) is 192 Å². The molecule has 0 radical (unpaired) electrons. The lowest BCUT2D eigenvalue weighted by Gasteiger charge is -2.18. The van der Waals surface area contributed by atoms with E-state index in [0.717, 1.165) is 90.1 Å². The minimum atomic E-state index is 0.857. The van der Waals surface area contributed by atoms with E-state index in [2.05, 4.69) is 82.8 Å². The smallest absolute Gasteiger partial charge is 0.0803 e. The minimum Gasteiger partial charge on any atom is -0.264 e. The van der Waals surface area contributed by atoms with Crippen molar-refractivity contribution in [3.8, 4) is 45.0 Å². The van der Waals surface area contributed by atoms with Crippen LogP contribution in [0.3, 0.4) is 0 Å². The van der Waals surface area contributed by atoms with Crippen LogP contribution in [0.2, 0.25) is 0 Å². The number of pyridine rings is 4. The monoisotopic (exact) mass is 666 g/mol. The second-order valence-electron chi connectivity index (χ2n) is 12.4. The normalized spacial score (nSPS) is 12.1. The van der Waals surface area contributed by atoms with E-state index in [1.807, 2.05) is 97.3 Å². The van der Waals surface area contributed by atoms with E-state index in [4.69, 9.17) is 20.0 Å². The fraction of sp³-hybridized carbons (Fsp3) is 0. The molecule has 9 rings (SSSR count). The van der Waals surface area contributed by atoms with Crippen molar-refractivity contribution in [1.29, 1.82) is 0 Å². The zero-order valence-corrected chi connectivity index (χ0v) is 28.0. The Hall–Kier alpha value is -7.18. The molecule has 4 aromatic heterocycles. The molecule has 1 aliphatic rings. The number of hydrogen-bond acceptors (Lipinski definition) is 6. The third-order valence-electron chi connectivity index (χ3n) is 9.10. The SMILES string of the molecule is c1cncc(-c2cccc(-c3ccc(C4=Nc5ccccc5C(c5ccc(-c6cccc(-c7cccnc7)n6)cc5)=Nc5ccccc54)cc3)n2)c1. The molecule has 52 heavy (non-hydrogen) atoms. The molecule has 244 valence electrons. The van der Waals surface area contributed by atoms with Gasteiger partial charge in [0.15, 0.2) is 0 Å². The maximum absolute atomic E-state index is 5.34. The van der Waals surface area contributed by atoms with Crippen LogP contribution >= 0.6 is 0 Å². The van der Waals surface area contributed by atoms with Gasteiger partial charge in [-0.25, -0.2) is 20.0 Å². The number of aliphatic imine (C=N–C) groups is 2. The van der Waals surface area contributed by atoms with Crippen molar-refractivity contribution < 1.29 is 0 Å². The predicted molar refractivity (Wildman–Crippen MR) is 209 cm³/mol. The summed E-state index contributed by atoms with van der Waals surface area (Å²) in [5, 5.41) is 0. The average molecular weight is 667 g/mol. The summed E-state index contributed by atoms with van der Waals surface area (Å²) >= 11 is 0. The Kier molecular flexibility index (Phi) is 8.08. The van der Waals surface area contributed by atoms with Gasteiger partial charge in [-0.3, -0.25) is 9.97 Å². The van der Waals surface area contributed by atoms with Crippen LogP contribution in [0.1, 0.15) is 22.3 Å². The largest absolute Gasteiger partial charge is 0.264 e. The Labute approximate surface area is 301 Å². The molecule has 0 amide bonds. The Morgan fingerprint density at radius 3 is 1.08 bits per heavy atom. The maximum atomic E-state index is 5.34. The molecule has 0 saturated carbocycles. The van der Waals surface area contributed by atoms with Crippen LogP contribution in [-0.4, -0.2) is 31.4 Å². The molecule has 0 fully saturated rings. The second kappa shape index (κ2) is 13.6. The highest BCUT2D eigenvalue weighted by Crippen LogP contribution is 2.34. The number of nitrogens with zero attached hydrogens (tertiary/aromatic N) is 6. The van der Waals surface area contributed by atoms with E-state index in [9.17, 15) is 0 Å². The average Bonchev–Trinajstić information content (AvgIpc) is 3.22. The zero-order chi connectivity index (χ0) is 34.7. The summed E-state index contributed by atoms with van der Waals surface area (Å²) in [5.41, 5.74) is 15.0. The van der Waals surface area contributed by atoms with Crippen molar-refractivity contribution in [2.45, 2.75) is 0 Å². The molecule has 8 aromatic rings. The molecule has 0 saturated heterocycles. The molecule has 4 aromatic carbocycles. The Bertz CT molecular complexity index is 2410. The highest BCUT2D eigenvalue weighted by molar-refractivity contribution is 6.22. The fourth-order valence-corrected chi connectivity index (χ4v) is 6.48. The second-order valence-corrected chi connectivity index (χ2v) is 12.4. The summed E-state index contributed by atoms with van der Waals surface area (Å²) in [7, 11) is 0. The fourth-order valence-electron chi connectivity index (χ4n) is 6.48. The Balaban J connectivity index is 1.07. The highest BCUT2D eigenvalue weighted by Gasteiger charge is 2.20. The first-order valence-electron chi connectivity index (χ1n) is 17.1. The molecule has 0 bridgehead atoms. The topological polar surface area (TPSA) is 76.3 Å². The maximum Gasteiger partial charge on any atom is 0.0803 e. The van der Waals surface area contributed by atoms with E-state index in [-0.39, 0.29) is 0 Å². The van der Waals surface area contributed by atoms with E-state index < -0.39 is 0 Å². The van der Waals surface area contributed by atoms with E-state index >= 15 is 0 Å². The van der Waals surface area contributed by atoms with Crippen LogP contribution < -0.4 is 0 Å². The van der Waals surface area contributed by atoms with Crippen molar-refractivity contribution in [1.82, 2.24) is 19.9 Å². The standard InChI is InChI=1S/C46H30N6/c1-3-13-43-37(11-1)45(33-23-19-31(20-24-33)39-15-5-17-41(49-39)35-9-7-27-47-29-35)52-44-14-4-2-12-38(44)46(51-43)34-25-21-32(22-26-34)40-16-6-18-42(50-40)36-10-8-28-48-30-36/h1-30H. The molecular formula is C46H30N6. The van der Waals surface area contributed by atoms with E-state index in [0.29, 0.717) is 0 Å². The molecule has 0 aliphatic carbocycles. The van der Waals surface area contributed by atoms with Gasteiger partial charge in [0.25, 0.3) is 0 Å². The molecule has 6 heteroatoms. The quantitative estimate of drug-likeness (QED) is 0.177. The van der Waals surface area contributed by atoms with Crippen molar-refractivity contribution in [3.05, 3.63) is 205 Å². The number of fused-ring (bicyclic) bond motifs is 2. The van der Waals surface area contributed by atoms with Gasteiger partial charge >= 0.3 is 0 Å². The molecule has 6 nitrogen and oxygen atoms in total. The van der Waals surface area contributed by atoms with Crippen LogP contribution in [0.25, 0.3) is 45.0 Å². The molecule has 0 atom stereocenters. The summed E-state index contributed by atoms with van der Waals surface area (Å²) in [6.45, 7) is 0. The summed E-state index contributed by atoms with van der Waals surface area (Å²) in [4.78, 5) is 29.1. The lowest BCUT2D eigenvalue weighted by Crippen LogP contribution is -2.10. The van der Waals surface area contributed by atoms with Gasteiger partial charge in [-0.05, 0) is 60.7 Å². The van der Waals surface area contributed by atoms with Crippen LogP contribution in [0.4, 0.5) is 11.4 Å². The first-order valence-corrected chi connectivity index (χ1v) is 17.1. The summed E-state index contributed by atoms with van der Waals surface area (Å²) < 4.78 is 0. The first kappa shape index (κ1) is 30.8. The van der Waals surface area contributed by atoms with Gasteiger partial charge in [-0.15, -0.1) is 0 Å². The third kappa shape index (κ3) is 6.10. The molecule has 0 spiro atoms.